The lowest BCUT2D eigenvalue weighted by Crippen LogP contribution is -2.22. The van der Waals surface area contributed by atoms with Gasteiger partial charge in [-0.15, -0.1) is 0 Å². The average molecular weight is 287 g/mol. The Morgan fingerprint density at radius 2 is 1.95 bits per heavy atom. The Bertz CT molecular complexity index is 642. The van der Waals surface area contributed by atoms with Crippen LogP contribution in [0.2, 0.25) is 0 Å². The number of rotatable bonds is 3. The van der Waals surface area contributed by atoms with Crippen molar-refractivity contribution in [3.8, 4) is 5.69 Å². The van der Waals surface area contributed by atoms with Crippen molar-refractivity contribution in [1.29, 1.82) is 0 Å². The van der Waals surface area contributed by atoms with Crippen LogP contribution in [0.1, 0.15) is 31.4 Å². The second-order valence-corrected chi connectivity index (χ2v) is 5.53. The Morgan fingerprint density at radius 3 is 2.62 bits per heavy atom. The lowest BCUT2D eigenvalue weighted by atomic mass is 10.1. The predicted molar refractivity (Wildman–Crippen MR) is 78.8 cm³/mol. The molecule has 2 aromatic rings. The molecule has 0 saturated heterocycles. The van der Waals surface area contributed by atoms with Gasteiger partial charge in [0.1, 0.15) is 11.6 Å². The van der Waals surface area contributed by atoms with E-state index in [1.54, 1.807) is 16.8 Å². The molecule has 4 nitrogen and oxygen atoms in total. The number of nitrogens with zero attached hydrogens (tertiary/aromatic N) is 2. The van der Waals surface area contributed by atoms with Gasteiger partial charge in [0.25, 0.3) is 0 Å². The van der Waals surface area contributed by atoms with E-state index in [2.05, 4.69) is 10.4 Å². The quantitative estimate of drug-likeness (QED) is 0.940. The molecule has 0 unspecified atom stereocenters. The Labute approximate surface area is 123 Å². The fourth-order valence-electron chi connectivity index (χ4n) is 2.78. The van der Waals surface area contributed by atoms with Gasteiger partial charge < -0.3 is 5.32 Å². The van der Waals surface area contributed by atoms with Crippen molar-refractivity contribution in [2.24, 2.45) is 5.92 Å². The second kappa shape index (κ2) is 5.68. The van der Waals surface area contributed by atoms with E-state index in [0.717, 1.165) is 37.1 Å². The molecule has 3 rings (SSSR count). The molecule has 110 valence electrons. The summed E-state index contributed by atoms with van der Waals surface area (Å²) in [6, 6.07) is 7.89. The number of halogens is 1. The molecule has 1 amide bonds. The van der Waals surface area contributed by atoms with Crippen LogP contribution in [0.25, 0.3) is 5.69 Å². The smallest absolute Gasteiger partial charge is 0.228 e. The normalized spacial score (nSPS) is 15.3. The summed E-state index contributed by atoms with van der Waals surface area (Å²) in [4.78, 5) is 12.2. The number of carbonyl (C=O) groups excluding carboxylic acids is 1. The Balaban J connectivity index is 1.85. The van der Waals surface area contributed by atoms with Gasteiger partial charge in [-0.05, 0) is 44.0 Å². The van der Waals surface area contributed by atoms with Crippen molar-refractivity contribution in [3.05, 3.63) is 41.8 Å². The van der Waals surface area contributed by atoms with Crippen LogP contribution in [0.15, 0.2) is 30.3 Å². The van der Waals surface area contributed by atoms with E-state index in [9.17, 15) is 9.18 Å². The minimum Gasteiger partial charge on any atom is -0.310 e. The zero-order valence-corrected chi connectivity index (χ0v) is 12.0. The molecule has 0 atom stereocenters. The lowest BCUT2D eigenvalue weighted by Gasteiger charge is -2.12. The van der Waals surface area contributed by atoms with E-state index in [1.807, 2.05) is 13.0 Å². The van der Waals surface area contributed by atoms with Gasteiger partial charge in [-0.2, -0.15) is 5.10 Å². The predicted octanol–water partition coefficient (Wildman–Crippen LogP) is 3.45. The number of aromatic nitrogens is 2. The topological polar surface area (TPSA) is 46.9 Å². The van der Waals surface area contributed by atoms with Crippen molar-refractivity contribution >= 4 is 11.7 Å². The number of nitrogens with one attached hydrogen (secondary N) is 1. The van der Waals surface area contributed by atoms with Crippen molar-refractivity contribution < 1.29 is 9.18 Å². The minimum absolute atomic E-state index is 0.0516. The summed E-state index contributed by atoms with van der Waals surface area (Å²) in [5, 5.41) is 7.32. The standard InChI is InChI=1S/C16H18FN3O/c1-11-10-15(18-16(21)12-4-2-3-5-12)20(19-11)14-8-6-13(17)7-9-14/h6-10,12H,2-5H2,1H3,(H,18,21). The first kappa shape index (κ1) is 13.8. The Hall–Kier alpha value is -2.17. The fraction of sp³-hybridized carbons (Fsp3) is 0.375. The van der Waals surface area contributed by atoms with Crippen LogP contribution < -0.4 is 5.32 Å². The molecule has 1 heterocycles. The van der Waals surface area contributed by atoms with Crippen LogP contribution in [-0.2, 0) is 4.79 Å². The summed E-state index contributed by atoms with van der Waals surface area (Å²) in [7, 11) is 0. The number of hydrogen-bond acceptors (Lipinski definition) is 2. The van der Waals surface area contributed by atoms with Gasteiger partial charge in [0.05, 0.1) is 11.4 Å². The lowest BCUT2D eigenvalue weighted by molar-refractivity contribution is -0.119. The van der Waals surface area contributed by atoms with Gasteiger partial charge in [-0.1, -0.05) is 12.8 Å². The molecule has 5 heteroatoms. The van der Waals surface area contributed by atoms with Gasteiger partial charge in [-0.25, -0.2) is 9.07 Å². The molecule has 0 bridgehead atoms. The largest absolute Gasteiger partial charge is 0.310 e. The monoisotopic (exact) mass is 287 g/mol. The van der Waals surface area contributed by atoms with Crippen molar-refractivity contribution in [3.63, 3.8) is 0 Å². The van der Waals surface area contributed by atoms with E-state index in [-0.39, 0.29) is 17.6 Å². The number of anilines is 1. The molecule has 1 saturated carbocycles. The number of amides is 1. The first-order valence-corrected chi connectivity index (χ1v) is 7.27. The molecule has 1 aliphatic rings. The molecule has 1 N–H and O–H groups in total. The highest BCUT2D eigenvalue weighted by molar-refractivity contribution is 5.92. The Morgan fingerprint density at radius 1 is 1.29 bits per heavy atom. The van der Waals surface area contributed by atoms with E-state index in [0.29, 0.717) is 5.82 Å². The SMILES string of the molecule is Cc1cc(NC(=O)C2CCCC2)n(-c2ccc(F)cc2)n1. The third-order valence-electron chi connectivity index (χ3n) is 3.88. The van der Waals surface area contributed by atoms with Gasteiger partial charge in [-0.3, -0.25) is 4.79 Å². The summed E-state index contributed by atoms with van der Waals surface area (Å²) in [5.74, 6) is 0.493. The fourth-order valence-corrected chi connectivity index (χ4v) is 2.78. The molecular weight excluding hydrogens is 269 g/mol. The van der Waals surface area contributed by atoms with Crippen molar-refractivity contribution in [1.82, 2.24) is 9.78 Å². The van der Waals surface area contributed by atoms with Crippen LogP contribution >= 0.6 is 0 Å². The molecule has 0 aliphatic heterocycles. The summed E-state index contributed by atoms with van der Waals surface area (Å²) >= 11 is 0. The number of hydrogen-bond donors (Lipinski definition) is 1. The third-order valence-corrected chi connectivity index (χ3v) is 3.88. The maximum absolute atomic E-state index is 13.0. The zero-order valence-electron chi connectivity index (χ0n) is 12.0. The second-order valence-electron chi connectivity index (χ2n) is 5.53. The zero-order chi connectivity index (χ0) is 14.8. The molecule has 1 aliphatic carbocycles. The van der Waals surface area contributed by atoms with Gasteiger partial charge in [0, 0.05) is 12.0 Å². The Kier molecular flexibility index (Phi) is 3.73. The molecule has 1 fully saturated rings. The first-order valence-electron chi connectivity index (χ1n) is 7.27. The highest BCUT2D eigenvalue weighted by Gasteiger charge is 2.23. The van der Waals surface area contributed by atoms with Crippen LogP contribution in [-0.4, -0.2) is 15.7 Å². The van der Waals surface area contributed by atoms with Crippen molar-refractivity contribution in [2.75, 3.05) is 5.32 Å². The maximum atomic E-state index is 13.0. The van der Waals surface area contributed by atoms with Gasteiger partial charge >= 0.3 is 0 Å². The molecule has 1 aromatic heterocycles. The highest BCUT2D eigenvalue weighted by Crippen LogP contribution is 2.26. The van der Waals surface area contributed by atoms with Crippen LogP contribution in [0.4, 0.5) is 10.2 Å². The minimum atomic E-state index is -0.292. The summed E-state index contributed by atoms with van der Waals surface area (Å²) in [6.07, 6.45) is 4.15. The molecular formula is C16H18FN3O. The van der Waals surface area contributed by atoms with Gasteiger partial charge in [0.15, 0.2) is 0 Å². The van der Waals surface area contributed by atoms with Crippen LogP contribution in [0.3, 0.4) is 0 Å². The molecule has 0 spiro atoms. The van der Waals surface area contributed by atoms with E-state index >= 15 is 0 Å². The number of carbonyl (C=O) groups is 1. The average Bonchev–Trinajstić information content (AvgIpc) is 3.09. The number of aryl methyl sites for hydroxylation is 1. The highest BCUT2D eigenvalue weighted by atomic mass is 19.1. The van der Waals surface area contributed by atoms with E-state index < -0.39 is 0 Å². The summed E-state index contributed by atoms with van der Waals surface area (Å²) < 4.78 is 14.7. The van der Waals surface area contributed by atoms with Gasteiger partial charge in [0.2, 0.25) is 5.91 Å². The van der Waals surface area contributed by atoms with Crippen LogP contribution in [0.5, 0.6) is 0 Å². The first-order chi connectivity index (χ1) is 10.1. The third kappa shape index (κ3) is 2.96. The van der Waals surface area contributed by atoms with Crippen molar-refractivity contribution in [2.45, 2.75) is 32.6 Å². The van der Waals surface area contributed by atoms with E-state index in [4.69, 9.17) is 0 Å². The van der Waals surface area contributed by atoms with E-state index in [1.165, 1.54) is 12.1 Å². The molecule has 1 aromatic carbocycles. The molecule has 0 radical (unpaired) electrons. The number of benzene rings is 1. The maximum Gasteiger partial charge on any atom is 0.228 e. The molecule has 21 heavy (non-hydrogen) atoms. The summed E-state index contributed by atoms with van der Waals surface area (Å²) in [6.45, 7) is 1.87. The van der Waals surface area contributed by atoms with Crippen LogP contribution in [0, 0.1) is 18.7 Å². The summed E-state index contributed by atoms with van der Waals surface area (Å²) in [5.41, 5.74) is 1.53.